The van der Waals surface area contributed by atoms with Gasteiger partial charge in [0.2, 0.25) is 23.3 Å². The van der Waals surface area contributed by atoms with Crippen LogP contribution in [-0.4, -0.2) is 41.7 Å². The number of nitrogens with one attached hydrogen (secondary N) is 1. The maximum absolute atomic E-state index is 13.8. The SMILES string of the molecule is COc1ccc(CN2C(=O)[C@H]3[C@@H](CCC(N)=O)[NH2+][C@]4(C(=O)Nc5ccc(Cl)cc54)[C@H]3C2=O)cc1. The quantitative estimate of drug-likeness (QED) is 0.514. The Kier molecular flexibility index (Phi) is 5.33. The molecule has 4 atom stereocenters. The van der Waals surface area contributed by atoms with Gasteiger partial charge in [0, 0.05) is 23.4 Å². The van der Waals surface area contributed by atoms with Gasteiger partial charge in [-0.3, -0.25) is 24.1 Å². The lowest BCUT2D eigenvalue weighted by atomic mass is 9.76. The highest BCUT2D eigenvalue weighted by Gasteiger charge is 2.74. The summed E-state index contributed by atoms with van der Waals surface area (Å²) >= 11 is 6.25. The third kappa shape index (κ3) is 3.26. The van der Waals surface area contributed by atoms with Crippen molar-refractivity contribution >= 4 is 40.9 Å². The number of primary amides is 1. The zero-order chi connectivity index (χ0) is 24.2. The van der Waals surface area contributed by atoms with Crippen molar-refractivity contribution in [2.24, 2.45) is 17.6 Å². The summed E-state index contributed by atoms with van der Waals surface area (Å²) < 4.78 is 5.18. The Labute approximate surface area is 200 Å². The molecule has 3 heterocycles. The molecule has 34 heavy (non-hydrogen) atoms. The number of benzene rings is 2. The minimum atomic E-state index is -1.34. The highest BCUT2D eigenvalue weighted by Crippen LogP contribution is 2.50. The fourth-order valence-corrected chi connectivity index (χ4v) is 5.81. The van der Waals surface area contributed by atoms with Crippen molar-refractivity contribution in [2.45, 2.75) is 31.0 Å². The number of carbonyl (C=O) groups is 4. The van der Waals surface area contributed by atoms with E-state index in [0.29, 0.717) is 22.0 Å². The molecular formula is C24H24ClN4O5+. The van der Waals surface area contributed by atoms with Gasteiger partial charge in [0.1, 0.15) is 23.6 Å². The molecule has 9 nitrogen and oxygen atoms in total. The lowest BCUT2D eigenvalue weighted by molar-refractivity contribution is -0.734. The standard InChI is InChI=1S/C24H23ClN4O5/c1-34-14-5-2-12(3-6-14)11-29-21(31)19-17(8-9-18(26)30)28-24(20(19)22(29)32)15-10-13(25)4-7-16(15)27-23(24)33/h2-7,10,17,19-20,28H,8-9,11H2,1H3,(H2,26,30)(H,27,33)/p+1/t17-,19+,20-,24+/m1/s1. The van der Waals surface area contributed by atoms with Gasteiger partial charge in [0.05, 0.1) is 19.3 Å². The van der Waals surface area contributed by atoms with Gasteiger partial charge in [0.25, 0.3) is 5.91 Å². The number of fused-ring (bicyclic) bond motifs is 4. The van der Waals surface area contributed by atoms with Crippen molar-refractivity contribution in [3.8, 4) is 5.75 Å². The molecule has 5 rings (SSSR count). The summed E-state index contributed by atoms with van der Waals surface area (Å²) in [6.07, 6.45) is 0.321. The molecule has 2 aromatic carbocycles. The number of quaternary nitrogens is 1. The molecule has 3 aliphatic heterocycles. The van der Waals surface area contributed by atoms with Crippen LogP contribution >= 0.6 is 11.6 Å². The van der Waals surface area contributed by atoms with E-state index in [1.165, 1.54) is 4.90 Å². The molecule has 5 N–H and O–H groups in total. The second-order valence-electron chi connectivity index (χ2n) is 8.96. The second kappa shape index (κ2) is 8.11. The molecule has 0 aliphatic carbocycles. The first-order valence-corrected chi connectivity index (χ1v) is 11.4. The van der Waals surface area contributed by atoms with Crippen LogP contribution in [0.4, 0.5) is 5.69 Å². The maximum Gasteiger partial charge on any atom is 0.291 e. The summed E-state index contributed by atoms with van der Waals surface area (Å²) in [7, 11) is 1.56. The van der Waals surface area contributed by atoms with Crippen LogP contribution in [-0.2, 0) is 31.3 Å². The van der Waals surface area contributed by atoms with Crippen molar-refractivity contribution in [1.82, 2.24) is 4.90 Å². The summed E-state index contributed by atoms with van der Waals surface area (Å²) in [5.74, 6) is -2.65. The smallest absolute Gasteiger partial charge is 0.291 e. The van der Waals surface area contributed by atoms with Crippen molar-refractivity contribution in [3.63, 3.8) is 0 Å². The van der Waals surface area contributed by atoms with Crippen molar-refractivity contribution in [3.05, 3.63) is 58.6 Å². The Morgan fingerprint density at radius 1 is 1.18 bits per heavy atom. The van der Waals surface area contributed by atoms with Gasteiger partial charge in [0.15, 0.2) is 0 Å². The van der Waals surface area contributed by atoms with Gasteiger partial charge in [-0.25, -0.2) is 0 Å². The van der Waals surface area contributed by atoms with Crippen LogP contribution in [0.5, 0.6) is 5.75 Å². The van der Waals surface area contributed by atoms with Crippen LogP contribution in [0.1, 0.15) is 24.0 Å². The number of methoxy groups -OCH3 is 1. The molecule has 0 radical (unpaired) electrons. The first kappa shape index (κ1) is 22.4. The van der Waals surface area contributed by atoms with Gasteiger partial charge >= 0.3 is 0 Å². The fourth-order valence-electron chi connectivity index (χ4n) is 5.64. The fraction of sp³-hybridized carbons (Fsp3) is 0.333. The number of likely N-dealkylation sites (tertiary alicyclic amines) is 1. The highest BCUT2D eigenvalue weighted by atomic mass is 35.5. The summed E-state index contributed by atoms with van der Waals surface area (Å²) in [5, 5.41) is 5.04. The van der Waals surface area contributed by atoms with E-state index in [1.807, 2.05) is 0 Å². The van der Waals surface area contributed by atoms with Crippen LogP contribution in [0.15, 0.2) is 42.5 Å². The van der Waals surface area contributed by atoms with E-state index in [2.05, 4.69) is 5.32 Å². The molecule has 2 saturated heterocycles. The van der Waals surface area contributed by atoms with Crippen LogP contribution in [0, 0.1) is 11.8 Å². The molecule has 0 unspecified atom stereocenters. The lowest BCUT2D eigenvalue weighted by Gasteiger charge is -2.26. The monoisotopic (exact) mass is 483 g/mol. The van der Waals surface area contributed by atoms with E-state index in [4.69, 9.17) is 22.1 Å². The largest absolute Gasteiger partial charge is 0.497 e. The number of nitrogens with zero attached hydrogens (tertiary/aromatic N) is 1. The third-order valence-electron chi connectivity index (χ3n) is 7.15. The second-order valence-corrected chi connectivity index (χ2v) is 9.40. The van der Waals surface area contributed by atoms with Crippen molar-refractivity contribution in [2.75, 3.05) is 12.4 Å². The van der Waals surface area contributed by atoms with Crippen molar-refractivity contribution < 1.29 is 29.2 Å². The van der Waals surface area contributed by atoms with Gasteiger partial charge in [-0.1, -0.05) is 23.7 Å². The number of anilines is 1. The minimum Gasteiger partial charge on any atom is -0.497 e. The van der Waals surface area contributed by atoms with E-state index >= 15 is 0 Å². The number of hydrogen-bond acceptors (Lipinski definition) is 5. The van der Waals surface area contributed by atoms with E-state index in [-0.39, 0.29) is 31.2 Å². The number of rotatable bonds is 6. The van der Waals surface area contributed by atoms with E-state index < -0.39 is 35.2 Å². The summed E-state index contributed by atoms with van der Waals surface area (Å²) in [5.41, 5.74) is 5.93. The highest BCUT2D eigenvalue weighted by molar-refractivity contribution is 6.31. The zero-order valence-corrected chi connectivity index (χ0v) is 19.2. The van der Waals surface area contributed by atoms with E-state index in [9.17, 15) is 19.2 Å². The molecule has 2 fully saturated rings. The number of hydrogen-bond donors (Lipinski definition) is 3. The minimum absolute atomic E-state index is 0.0461. The normalized spacial score (nSPS) is 27.2. The molecule has 10 heteroatoms. The van der Waals surface area contributed by atoms with Gasteiger partial charge in [-0.2, -0.15) is 0 Å². The summed E-state index contributed by atoms with van der Waals surface area (Å²) in [6, 6.07) is 11.7. The number of halogens is 1. The number of nitrogens with two attached hydrogens (primary N) is 2. The molecule has 176 valence electrons. The topological polar surface area (TPSA) is 135 Å². The van der Waals surface area contributed by atoms with Crippen LogP contribution < -0.4 is 21.1 Å². The first-order chi connectivity index (χ1) is 16.3. The Hall–Kier alpha value is -3.43. The van der Waals surface area contributed by atoms with Gasteiger partial charge in [-0.15, -0.1) is 0 Å². The maximum atomic E-state index is 13.8. The molecule has 4 amide bonds. The zero-order valence-electron chi connectivity index (χ0n) is 18.4. The number of amides is 4. The number of ether oxygens (including phenoxy) is 1. The molecular weight excluding hydrogens is 460 g/mol. The summed E-state index contributed by atoms with van der Waals surface area (Å²) in [6.45, 7) is 0.0807. The molecule has 2 aromatic rings. The molecule has 0 bridgehead atoms. The lowest BCUT2D eigenvalue weighted by Crippen LogP contribution is -2.99. The third-order valence-corrected chi connectivity index (χ3v) is 7.38. The Morgan fingerprint density at radius 2 is 1.91 bits per heavy atom. The van der Waals surface area contributed by atoms with E-state index in [1.54, 1.807) is 54.9 Å². The molecule has 0 saturated carbocycles. The predicted molar refractivity (Wildman–Crippen MR) is 121 cm³/mol. The van der Waals surface area contributed by atoms with Gasteiger partial charge in [-0.05, 0) is 35.9 Å². The van der Waals surface area contributed by atoms with E-state index in [0.717, 1.165) is 5.56 Å². The number of imide groups is 1. The Morgan fingerprint density at radius 3 is 2.59 bits per heavy atom. The Balaban J connectivity index is 1.56. The molecule has 0 aromatic heterocycles. The average Bonchev–Trinajstić information content (AvgIpc) is 3.39. The number of carbonyl (C=O) groups excluding carboxylic acids is 4. The van der Waals surface area contributed by atoms with Crippen LogP contribution in [0.3, 0.4) is 0 Å². The molecule has 1 spiro atoms. The molecule has 3 aliphatic rings. The van der Waals surface area contributed by atoms with Crippen LogP contribution in [0.2, 0.25) is 5.02 Å². The first-order valence-electron chi connectivity index (χ1n) is 11.0. The summed E-state index contributed by atoms with van der Waals surface area (Å²) in [4.78, 5) is 53.5. The Bertz CT molecular complexity index is 1220. The average molecular weight is 484 g/mol. The van der Waals surface area contributed by atoms with Crippen LogP contribution in [0.25, 0.3) is 0 Å². The van der Waals surface area contributed by atoms with Gasteiger partial charge < -0.3 is 21.1 Å². The predicted octanol–water partition coefficient (Wildman–Crippen LogP) is 0.509. The van der Waals surface area contributed by atoms with Crippen molar-refractivity contribution in [1.29, 1.82) is 0 Å².